The molecule has 239 valence electrons. The molecule has 0 saturated carbocycles. The number of pyridine rings is 2. The molecule has 0 saturated heterocycles. The van der Waals surface area contributed by atoms with E-state index >= 15 is 0 Å². The van der Waals surface area contributed by atoms with Gasteiger partial charge in [-0.05, 0) is 76.6 Å². The number of para-hydroxylation sites is 2. The Bertz CT molecular complexity index is 2280. The van der Waals surface area contributed by atoms with Crippen molar-refractivity contribution >= 4 is 23.1 Å². The average molecular weight is 811 g/mol. The minimum Gasteiger partial charge on any atom is -0.503 e. The van der Waals surface area contributed by atoms with E-state index in [1.165, 1.54) is 27.8 Å². The van der Waals surface area contributed by atoms with Crippen LogP contribution in [-0.2, 0) is 20.1 Å². The number of rotatable bonds is 3. The van der Waals surface area contributed by atoms with Gasteiger partial charge in [-0.3, -0.25) is 0 Å². The standard InChI is InChI=1S/C23H13BNO2.C20H18N.Ir/c1-3-10-19-16(7-1)24-17-8-2-4-11-20(17)27-23-15(18-9-5-6-14-25-18)12-13-21(26-19)22(23)24;1-14-8-10-17(11-9-14)20-12-19(16(3)13-21-20)18-7-5-4-6-15(18)2;/h1-11,13-14H;4-10,12-13H,1-3H3;/q2*-1;. The molecule has 2 aromatic heterocycles. The molecule has 9 rings (SSSR count). The Balaban J connectivity index is 0.000000156. The second-order valence-corrected chi connectivity index (χ2v) is 12.2. The van der Waals surface area contributed by atoms with Gasteiger partial charge in [0, 0.05) is 44.0 Å². The van der Waals surface area contributed by atoms with Gasteiger partial charge in [0.25, 0.3) is 0 Å². The van der Waals surface area contributed by atoms with Gasteiger partial charge in [0.15, 0.2) is 0 Å². The minimum atomic E-state index is 0. The van der Waals surface area contributed by atoms with Crippen molar-refractivity contribution in [2.24, 2.45) is 0 Å². The zero-order valence-electron chi connectivity index (χ0n) is 27.3. The van der Waals surface area contributed by atoms with Gasteiger partial charge in [-0.2, -0.15) is 0 Å². The summed E-state index contributed by atoms with van der Waals surface area (Å²) in [6.45, 7) is 6.40. The molecule has 4 nitrogen and oxygen atoms in total. The molecule has 0 amide bonds. The quantitative estimate of drug-likeness (QED) is 0.133. The Labute approximate surface area is 301 Å². The van der Waals surface area contributed by atoms with Crippen molar-refractivity contribution in [2.45, 2.75) is 20.8 Å². The van der Waals surface area contributed by atoms with Crippen LogP contribution in [-0.4, -0.2) is 16.7 Å². The SMILES string of the molecule is Cc1c[c-]c(-c2cc(-c3ccccc3C)c(C)cn2)cc1.[Ir].[c-]1cc2c3c(c1-c1ccccn1)Oc1ccccc1B3c1ccccc1O2. The van der Waals surface area contributed by atoms with Crippen LogP contribution in [0.2, 0.25) is 0 Å². The smallest absolute Gasteiger partial charge is 0.239 e. The third kappa shape index (κ3) is 6.10. The van der Waals surface area contributed by atoms with E-state index in [1.807, 2.05) is 60.8 Å². The molecule has 7 aromatic rings. The molecular formula is C43H31BIrN2O2-2. The third-order valence-corrected chi connectivity index (χ3v) is 8.97. The average Bonchev–Trinajstić information content (AvgIpc) is 3.13. The first-order chi connectivity index (χ1) is 23.5. The summed E-state index contributed by atoms with van der Waals surface area (Å²) in [5.74, 6) is 3.33. The fraction of sp³-hybridized carbons (Fsp3) is 0.0698. The van der Waals surface area contributed by atoms with E-state index in [4.69, 9.17) is 9.47 Å². The van der Waals surface area contributed by atoms with Gasteiger partial charge in [-0.15, -0.1) is 47.5 Å². The first-order valence-electron chi connectivity index (χ1n) is 16.1. The zero-order valence-corrected chi connectivity index (χ0v) is 29.7. The molecule has 2 aliphatic rings. The Hall–Kier alpha value is -5.29. The molecule has 6 heteroatoms. The van der Waals surface area contributed by atoms with Crippen LogP contribution in [0.1, 0.15) is 16.7 Å². The Morgan fingerprint density at radius 1 is 0.592 bits per heavy atom. The van der Waals surface area contributed by atoms with Gasteiger partial charge in [0.2, 0.25) is 6.71 Å². The number of ether oxygens (including phenoxy) is 2. The maximum atomic E-state index is 6.37. The van der Waals surface area contributed by atoms with Gasteiger partial charge in [0.1, 0.15) is 11.5 Å². The van der Waals surface area contributed by atoms with E-state index < -0.39 is 0 Å². The summed E-state index contributed by atoms with van der Waals surface area (Å²) in [6, 6.07) is 47.6. The predicted octanol–water partition coefficient (Wildman–Crippen LogP) is 8.41. The molecule has 0 bridgehead atoms. The summed E-state index contributed by atoms with van der Waals surface area (Å²) in [7, 11) is 0. The van der Waals surface area contributed by atoms with E-state index in [1.54, 1.807) is 6.20 Å². The van der Waals surface area contributed by atoms with E-state index in [0.29, 0.717) is 0 Å². The topological polar surface area (TPSA) is 44.2 Å². The number of hydrogen-bond donors (Lipinski definition) is 0. The van der Waals surface area contributed by atoms with Crippen molar-refractivity contribution in [1.82, 2.24) is 9.97 Å². The van der Waals surface area contributed by atoms with Gasteiger partial charge in [0.05, 0.1) is 0 Å². The first-order valence-corrected chi connectivity index (χ1v) is 16.1. The van der Waals surface area contributed by atoms with Crippen LogP contribution in [0.4, 0.5) is 0 Å². The number of fused-ring (bicyclic) bond motifs is 4. The fourth-order valence-electron chi connectivity index (χ4n) is 6.52. The molecule has 2 aliphatic heterocycles. The molecule has 1 radical (unpaired) electrons. The second kappa shape index (κ2) is 13.7. The Morgan fingerprint density at radius 2 is 1.31 bits per heavy atom. The van der Waals surface area contributed by atoms with Crippen molar-refractivity contribution < 1.29 is 29.6 Å². The van der Waals surface area contributed by atoms with Crippen molar-refractivity contribution in [3.63, 3.8) is 0 Å². The van der Waals surface area contributed by atoms with Crippen molar-refractivity contribution in [1.29, 1.82) is 0 Å². The van der Waals surface area contributed by atoms with Crippen molar-refractivity contribution in [2.75, 3.05) is 0 Å². The molecule has 0 N–H and O–H groups in total. The van der Waals surface area contributed by atoms with Crippen LogP contribution in [0.3, 0.4) is 0 Å². The molecule has 0 fully saturated rings. The molecule has 0 unspecified atom stereocenters. The largest absolute Gasteiger partial charge is 0.503 e. The fourth-order valence-corrected chi connectivity index (χ4v) is 6.52. The van der Waals surface area contributed by atoms with Gasteiger partial charge in [-0.25, -0.2) is 0 Å². The van der Waals surface area contributed by atoms with E-state index in [-0.39, 0.29) is 26.8 Å². The molecule has 0 aliphatic carbocycles. The molecule has 49 heavy (non-hydrogen) atoms. The molecule has 0 spiro atoms. The van der Waals surface area contributed by atoms with Crippen LogP contribution in [0.5, 0.6) is 23.0 Å². The number of aromatic nitrogens is 2. The maximum Gasteiger partial charge on any atom is 0.239 e. The summed E-state index contributed by atoms with van der Waals surface area (Å²) in [6.07, 6.45) is 3.74. The van der Waals surface area contributed by atoms with Crippen LogP contribution in [0.25, 0.3) is 33.6 Å². The zero-order chi connectivity index (χ0) is 32.6. The molecule has 4 heterocycles. The molecule has 5 aromatic carbocycles. The summed E-state index contributed by atoms with van der Waals surface area (Å²) < 4.78 is 12.6. The molecular weight excluding hydrogens is 780 g/mol. The van der Waals surface area contributed by atoms with Crippen LogP contribution >= 0.6 is 0 Å². The number of aryl methyl sites for hydroxylation is 3. The van der Waals surface area contributed by atoms with Gasteiger partial charge in [-0.1, -0.05) is 96.8 Å². The van der Waals surface area contributed by atoms with E-state index in [9.17, 15) is 0 Å². The Kier molecular flexibility index (Phi) is 9.01. The number of benzene rings is 5. The van der Waals surface area contributed by atoms with Gasteiger partial charge < -0.3 is 19.4 Å². The van der Waals surface area contributed by atoms with Crippen LogP contribution in [0.15, 0.2) is 134 Å². The number of hydrogen-bond acceptors (Lipinski definition) is 4. The summed E-state index contributed by atoms with van der Waals surface area (Å²) in [5, 5.41) is 0. The minimum absolute atomic E-state index is 0. The van der Waals surface area contributed by atoms with E-state index in [2.05, 4.69) is 110 Å². The summed E-state index contributed by atoms with van der Waals surface area (Å²) in [4.78, 5) is 9.07. The predicted molar refractivity (Wildman–Crippen MR) is 194 cm³/mol. The van der Waals surface area contributed by atoms with Crippen LogP contribution in [0, 0.1) is 32.9 Å². The van der Waals surface area contributed by atoms with Crippen molar-refractivity contribution in [3.8, 4) is 56.6 Å². The van der Waals surface area contributed by atoms with Crippen LogP contribution < -0.4 is 25.9 Å². The maximum absolute atomic E-state index is 6.37. The van der Waals surface area contributed by atoms with Gasteiger partial charge >= 0.3 is 0 Å². The third-order valence-electron chi connectivity index (χ3n) is 8.97. The Morgan fingerprint density at radius 3 is 2.02 bits per heavy atom. The summed E-state index contributed by atoms with van der Waals surface area (Å²) in [5.41, 5.74) is 13.3. The number of nitrogens with zero attached hydrogens (tertiary/aromatic N) is 2. The second-order valence-electron chi connectivity index (χ2n) is 12.2. The van der Waals surface area contributed by atoms with E-state index in [0.717, 1.165) is 61.9 Å². The first kappa shape index (κ1) is 32.3. The normalized spacial score (nSPS) is 11.7. The van der Waals surface area contributed by atoms with Crippen molar-refractivity contribution in [3.05, 3.63) is 163 Å². The molecule has 0 atom stereocenters. The monoisotopic (exact) mass is 811 g/mol. The summed E-state index contributed by atoms with van der Waals surface area (Å²) >= 11 is 0.